The number of aromatic nitrogens is 1. The highest BCUT2D eigenvalue weighted by molar-refractivity contribution is 7.15. The van der Waals surface area contributed by atoms with Gasteiger partial charge in [-0.3, -0.25) is 10.1 Å². The van der Waals surface area contributed by atoms with Gasteiger partial charge in [-0.1, -0.05) is 35.9 Å². The normalized spacial score (nSPS) is 10.9. The molecule has 0 bridgehead atoms. The molecule has 0 spiro atoms. The number of rotatable bonds is 6. The molecule has 3 aromatic rings. The molecule has 0 fully saturated rings. The van der Waals surface area contributed by atoms with Crippen LogP contribution in [0.25, 0.3) is 0 Å². The van der Waals surface area contributed by atoms with E-state index in [2.05, 4.69) is 10.3 Å². The van der Waals surface area contributed by atoms with Gasteiger partial charge < -0.3 is 4.74 Å². The number of hydrogen-bond donors (Lipinski definition) is 1. The number of halogens is 1. The number of amides is 1. The quantitative estimate of drug-likeness (QED) is 0.574. The van der Waals surface area contributed by atoms with Crippen molar-refractivity contribution in [2.75, 3.05) is 5.32 Å². The Morgan fingerprint density at radius 1 is 1.22 bits per heavy atom. The first-order valence-corrected chi connectivity index (χ1v) is 9.89. The van der Waals surface area contributed by atoms with Crippen molar-refractivity contribution in [2.24, 2.45) is 0 Å². The molecule has 1 N–H and O–H groups in total. The molecule has 0 saturated carbocycles. The van der Waals surface area contributed by atoms with Crippen LogP contribution in [0.15, 0.2) is 48.5 Å². The summed E-state index contributed by atoms with van der Waals surface area (Å²) >= 11 is 7.54. The van der Waals surface area contributed by atoms with Gasteiger partial charge in [0, 0.05) is 16.3 Å². The SMILES string of the molecule is Cc1nc(NC(=O)c2ccccc2OC(C)C)sc1Cc1cccc(Cl)c1. The molecule has 0 unspecified atom stereocenters. The molecule has 4 nitrogen and oxygen atoms in total. The summed E-state index contributed by atoms with van der Waals surface area (Å²) < 4.78 is 5.73. The van der Waals surface area contributed by atoms with Crippen LogP contribution in [-0.2, 0) is 6.42 Å². The summed E-state index contributed by atoms with van der Waals surface area (Å²) in [5, 5.41) is 4.18. The predicted octanol–water partition coefficient (Wildman–Crippen LogP) is 5.74. The second-order valence-electron chi connectivity index (χ2n) is 6.45. The van der Waals surface area contributed by atoms with E-state index in [0.29, 0.717) is 21.5 Å². The fraction of sp³-hybridized carbons (Fsp3) is 0.238. The number of para-hydroxylation sites is 1. The molecular formula is C21H21ClN2O2S. The molecule has 2 aromatic carbocycles. The van der Waals surface area contributed by atoms with Crippen LogP contribution >= 0.6 is 22.9 Å². The summed E-state index contributed by atoms with van der Waals surface area (Å²) in [5.41, 5.74) is 2.51. The molecule has 0 aliphatic heterocycles. The highest BCUT2D eigenvalue weighted by Gasteiger charge is 2.16. The number of ether oxygens (including phenoxy) is 1. The molecule has 27 heavy (non-hydrogen) atoms. The standard InChI is InChI=1S/C21H21ClN2O2S/c1-13(2)26-18-10-5-4-9-17(18)20(25)24-21-23-14(3)19(27-21)12-15-7-6-8-16(22)11-15/h4-11,13H,12H2,1-3H3,(H,23,24,25). The van der Waals surface area contributed by atoms with Gasteiger partial charge in [-0.15, -0.1) is 11.3 Å². The lowest BCUT2D eigenvalue weighted by Crippen LogP contribution is -2.15. The molecule has 0 aliphatic rings. The molecule has 140 valence electrons. The van der Waals surface area contributed by atoms with Crippen LogP contribution in [0.4, 0.5) is 5.13 Å². The molecule has 0 radical (unpaired) electrons. The van der Waals surface area contributed by atoms with Gasteiger partial charge >= 0.3 is 0 Å². The molecule has 0 aliphatic carbocycles. The zero-order valence-electron chi connectivity index (χ0n) is 15.5. The molecule has 1 amide bonds. The van der Waals surface area contributed by atoms with Crippen molar-refractivity contribution >= 4 is 34.0 Å². The number of carbonyl (C=O) groups is 1. The van der Waals surface area contributed by atoms with E-state index in [1.54, 1.807) is 12.1 Å². The number of nitrogens with zero attached hydrogens (tertiary/aromatic N) is 1. The van der Waals surface area contributed by atoms with E-state index >= 15 is 0 Å². The van der Waals surface area contributed by atoms with Crippen molar-refractivity contribution < 1.29 is 9.53 Å². The number of anilines is 1. The van der Waals surface area contributed by atoms with Crippen LogP contribution in [0, 0.1) is 6.92 Å². The zero-order chi connectivity index (χ0) is 19.4. The molecule has 0 saturated heterocycles. The molecule has 1 heterocycles. The Balaban J connectivity index is 1.76. The summed E-state index contributed by atoms with van der Waals surface area (Å²) in [5.74, 6) is 0.340. The van der Waals surface area contributed by atoms with Crippen molar-refractivity contribution in [3.8, 4) is 5.75 Å². The Bertz CT molecular complexity index is 953. The van der Waals surface area contributed by atoms with Gasteiger partial charge in [-0.05, 0) is 50.6 Å². The minimum Gasteiger partial charge on any atom is -0.490 e. The Kier molecular flexibility index (Phi) is 6.14. The number of carbonyl (C=O) groups excluding carboxylic acids is 1. The Hall–Kier alpha value is -2.37. The van der Waals surface area contributed by atoms with Crippen LogP contribution < -0.4 is 10.1 Å². The average Bonchev–Trinajstić information content (AvgIpc) is 2.94. The van der Waals surface area contributed by atoms with Gasteiger partial charge in [0.2, 0.25) is 0 Å². The smallest absolute Gasteiger partial charge is 0.261 e. The van der Waals surface area contributed by atoms with Crippen LogP contribution in [0.5, 0.6) is 5.75 Å². The van der Waals surface area contributed by atoms with Gasteiger partial charge in [0.15, 0.2) is 5.13 Å². The first kappa shape index (κ1) is 19.4. The van der Waals surface area contributed by atoms with Gasteiger partial charge in [0.05, 0.1) is 17.4 Å². The largest absolute Gasteiger partial charge is 0.490 e. The third-order valence-corrected chi connectivity index (χ3v) is 5.17. The first-order chi connectivity index (χ1) is 12.9. The van der Waals surface area contributed by atoms with E-state index in [1.165, 1.54) is 11.3 Å². The Morgan fingerprint density at radius 2 is 2.00 bits per heavy atom. The van der Waals surface area contributed by atoms with E-state index in [1.807, 2.05) is 57.2 Å². The van der Waals surface area contributed by atoms with Crippen molar-refractivity contribution in [3.05, 3.63) is 75.3 Å². The van der Waals surface area contributed by atoms with E-state index < -0.39 is 0 Å². The van der Waals surface area contributed by atoms with Crippen LogP contribution in [0.3, 0.4) is 0 Å². The Labute approximate surface area is 168 Å². The Morgan fingerprint density at radius 3 is 2.74 bits per heavy atom. The fourth-order valence-corrected chi connectivity index (χ4v) is 3.86. The minimum absolute atomic E-state index is 0.00893. The van der Waals surface area contributed by atoms with Crippen molar-refractivity contribution in [2.45, 2.75) is 33.3 Å². The van der Waals surface area contributed by atoms with E-state index in [4.69, 9.17) is 16.3 Å². The zero-order valence-corrected chi connectivity index (χ0v) is 17.0. The molecular weight excluding hydrogens is 380 g/mol. The summed E-state index contributed by atoms with van der Waals surface area (Å²) in [6.45, 7) is 5.81. The lowest BCUT2D eigenvalue weighted by molar-refractivity contribution is 0.102. The van der Waals surface area contributed by atoms with Gasteiger partial charge in [-0.25, -0.2) is 4.98 Å². The minimum atomic E-state index is -0.227. The van der Waals surface area contributed by atoms with Crippen LogP contribution in [-0.4, -0.2) is 17.0 Å². The third kappa shape index (κ3) is 5.08. The summed E-state index contributed by atoms with van der Waals surface area (Å²) in [6.07, 6.45) is 0.720. The highest BCUT2D eigenvalue weighted by atomic mass is 35.5. The van der Waals surface area contributed by atoms with Crippen molar-refractivity contribution in [3.63, 3.8) is 0 Å². The predicted molar refractivity (Wildman–Crippen MR) is 111 cm³/mol. The lowest BCUT2D eigenvalue weighted by atomic mass is 10.1. The average molecular weight is 401 g/mol. The first-order valence-electron chi connectivity index (χ1n) is 8.70. The van der Waals surface area contributed by atoms with Crippen LogP contribution in [0.2, 0.25) is 5.02 Å². The third-order valence-electron chi connectivity index (χ3n) is 3.86. The lowest BCUT2D eigenvalue weighted by Gasteiger charge is -2.13. The number of benzene rings is 2. The van der Waals surface area contributed by atoms with E-state index in [9.17, 15) is 4.79 Å². The van der Waals surface area contributed by atoms with E-state index in [0.717, 1.165) is 22.6 Å². The van der Waals surface area contributed by atoms with Gasteiger partial charge in [0.25, 0.3) is 5.91 Å². The number of hydrogen-bond acceptors (Lipinski definition) is 4. The van der Waals surface area contributed by atoms with Gasteiger partial charge in [-0.2, -0.15) is 0 Å². The van der Waals surface area contributed by atoms with Gasteiger partial charge in [0.1, 0.15) is 5.75 Å². The number of aryl methyl sites for hydroxylation is 1. The molecule has 0 atom stereocenters. The highest BCUT2D eigenvalue weighted by Crippen LogP contribution is 2.27. The molecule has 6 heteroatoms. The van der Waals surface area contributed by atoms with Crippen molar-refractivity contribution in [1.82, 2.24) is 4.98 Å². The summed E-state index contributed by atoms with van der Waals surface area (Å²) in [4.78, 5) is 18.3. The van der Waals surface area contributed by atoms with Crippen LogP contribution in [0.1, 0.15) is 40.3 Å². The maximum atomic E-state index is 12.7. The number of nitrogens with one attached hydrogen (secondary N) is 1. The molecule has 3 rings (SSSR count). The second kappa shape index (κ2) is 8.55. The van der Waals surface area contributed by atoms with E-state index in [-0.39, 0.29) is 12.0 Å². The number of thiazole rings is 1. The maximum absolute atomic E-state index is 12.7. The topological polar surface area (TPSA) is 51.2 Å². The second-order valence-corrected chi connectivity index (χ2v) is 7.97. The maximum Gasteiger partial charge on any atom is 0.261 e. The molecule has 1 aromatic heterocycles. The summed E-state index contributed by atoms with van der Waals surface area (Å²) in [6, 6.07) is 15.0. The fourth-order valence-electron chi connectivity index (χ4n) is 2.65. The van der Waals surface area contributed by atoms with Crippen molar-refractivity contribution in [1.29, 1.82) is 0 Å². The summed E-state index contributed by atoms with van der Waals surface area (Å²) in [7, 11) is 0. The monoisotopic (exact) mass is 400 g/mol.